The second-order valence-corrected chi connectivity index (χ2v) is 8.11. The smallest absolute Gasteiger partial charge is 0.275 e. The molecule has 1 fully saturated rings. The van der Waals surface area contributed by atoms with Crippen molar-refractivity contribution in [1.82, 2.24) is 29.1 Å². The molecule has 2 amide bonds. The highest BCUT2D eigenvalue weighted by molar-refractivity contribution is 7.98. The van der Waals surface area contributed by atoms with Gasteiger partial charge in [-0.1, -0.05) is 30.0 Å². The van der Waals surface area contributed by atoms with E-state index in [1.165, 1.54) is 11.8 Å². The fraction of sp³-hybridized carbons (Fsp3) is 0.333. The number of nitrogens with one attached hydrogen (secondary N) is 1. The number of para-hydroxylation sites is 1. The summed E-state index contributed by atoms with van der Waals surface area (Å²) in [7, 11) is 2.05. The predicted molar refractivity (Wildman–Crippen MR) is 120 cm³/mol. The Bertz CT molecular complexity index is 1050. The maximum Gasteiger partial charge on any atom is 0.275 e. The van der Waals surface area contributed by atoms with Crippen LogP contribution in [-0.2, 0) is 11.3 Å². The first-order chi connectivity index (χ1) is 15.0. The van der Waals surface area contributed by atoms with E-state index in [0.717, 1.165) is 37.0 Å². The van der Waals surface area contributed by atoms with Gasteiger partial charge in [-0.15, -0.1) is 0 Å². The van der Waals surface area contributed by atoms with Gasteiger partial charge in [-0.25, -0.2) is 4.98 Å². The van der Waals surface area contributed by atoms with Crippen LogP contribution >= 0.6 is 11.8 Å². The number of carbonyl (C=O) groups excluding carboxylic acids is 2. The first kappa shape index (κ1) is 21.1. The van der Waals surface area contributed by atoms with E-state index < -0.39 is 0 Å². The van der Waals surface area contributed by atoms with Crippen LogP contribution in [0.2, 0.25) is 0 Å². The second-order valence-electron chi connectivity index (χ2n) is 7.34. The lowest BCUT2D eigenvalue weighted by atomic mass is 10.3. The summed E-state index contributed by atoms with van der Waals surface area (Å²) >= 11 is 1.47. The number of hydrogen-bond donors (Lipinski definition) is 1. The van der Waals surface area contributed by atoms with Crippen LogP contribution in [0.3, 0.4) is 0 Å². The van der Waals surface area contributed by atoms with Gasteiger partial charge >= 0.3 is 0 Å². The number of benzene rings is 1. The Morgan fingerprint density at radius 1 is 1.10 bits per heavy atom. The van der Waals surface area contributed by atoms with E-state index in [1.807, 2.05) is 46.1 Å². The van der Waals surface area contributed by atoms with E-state index in [1.54, 1.807) is 23.1 Å². The first-order valence-electron chi connectivity index (χ1n) is 10.0. The zero-order chi connectivity index (χ0) is 21.8. The van der Waals surface area contributed by atoms with Crippen molar-refractivity contribution >= 4 is 29.4 Å². The molecule has 4 rings (SSSR count). The lowest BCUT2D eigenvalue weighted by molar-refractivity contribution is -0.133. The summed E-state index contributed by atoms with van der Waals surface area (Å²) in [6.45, 7) is 3.35. The zero-order valence-corrected chi connectivity index (χ0v) is 18.4. The van der Waals surface area contributed by atoms with Crippen molar-refractivity contribution in [2.75, 3.05) is 44.8 Å². The molecule has 0 spiro atoms. The fourth-order valence-corrected chi connectivity index (χ4v) is 4.00. The minimum Gasteiger partial charge on any atom is -0.339 e. The van der Waals surface area contributed by atoms with Gasteiger partial charge in [-0.3, -0.25) is 18.8 Å². The zero-order valence-electron chi connectivity index (χ0n) is 17.6. The summed E-state index contributed by atoms with van der Waals surface area (Å²) in [5, 5.41) is 7.88. The van der Waals surface area contributed by atoms with Crippen LogP contribution in [0, 0.1) is 0 Å². The van der Waals surface area contributed by atoms with E-state index >= 15 is 0 Å². The summed E-state index contributed by atoms with van der Waals surface area (Å²) in [6.07, 6.45) is 5.18. The van der Waals surface area contributed by atoms with Crippen molar-refractivity contribution in [3.8, 4) is 5.69 Å². The average molecular weight is 440 g/mol. The largest absolute Gasteiger partial charge is 0.339 e. The van der Waals surface area contributed by atoms with Gasteiger partial charge in [0.1, 0.15) is 12.2 Å². The van der Waals surface area contributed by atoms with Gasteiger partial charge in [0.2, 0.25) is 5.91 Å². The van der Waals surface area contributed by atoms with Gasteiger partial charge in [0, 0.05) is 44.1 Å². The molecule has 0 atom stereocenters. The molecule has 1 saturated heterocycles. The molecule has 0 saturated carbocycles. The molecular formula is C21H25N7O2S. The molecule has 31 heavy (non-hydrogen) atoms. The van der Waals surface area contributed by atoms with Crippen LogP contribution in [0.1, 0.15) is 10.5 Å². The molecular weight excluding hydrogens is 414 g/mol. The number of thioether (sulfide) groups is 1. The SMILES string of the molecule is CSc1ncc(C(=O)Nc2ccn(CC(=O)N3CCN(C)CC3)n2)n1-c1ccccc1. The number of aromatic nitrogens is 4. The van der Waals surface area contributed by atoms with Crippen molar-refractivity contribution < 1.29 is 9.59 Å². The van der Waals surface area contributed by atoms with Gasteiger partial charge in [-0.2, -0.15) is 5.10 Å². The number of hydrogen-bond acceptors (Lipinski definition) is 6. The van der Waals surface area contributed by atoms with Crippen molar-refractivity contribution in [2.45, 2.75) is 11.7 Å². The van der Waals surface area contributed by atoms with E-state index in [2.05, 4.69) is 27.3 Å². The van der Waals surface area contributed by atoms with Crippen molar-refractivity contribution in [3.05, 3.63) is 54.5 Å². The molecule has 162 valence electrons. The van der Waals surface area contributed by atoms with Crippen molar-refractivity contribution in [1.29, 1.82) is 0 Å². The molecule has 9 nitrogen and oxygen atoms in total. The minimum absolute atomic E-state index is 0.0286. The van der Waals surface area contributed by atoms with Gasteiger partial charge in [0.05, 0.1) is 6.20 Å². The third kappa shape index (κ3) is 4.80. The average Bonchev–Trinajstić information content (AvgIpc) is 3.41. The molecule has 3 aromatic rings. The Hall–Kier alpha value is -3.11. The van der Waals surface area contributed by atoms with Crippen LogP contribution in [0.15, 0.2) is 53.9 Å². The Morgan fingerprint density at radius 3 is 2.55 bits per heavy atom. The number of carbonyl (C=O) groups is 2. The number of anilines is 1. The standard InChI is InChI=1S/C21H25N7O2S/c1-25-10-12-26(13-11-25)19(29)15-27-9-8-18(24-27)23-20(30)17-14-22-21(31-2)28(17)16-6-4-3-5-7-16/h3-9,14H,10-13,15H2,1-2H3,(H,23,24,30). The molecule has 10 heteroatoms. The molecule has 0 aliphatic carbocycles. The Kier molecular flexibility index (Phi) is 6.38. The quantitative estimate of drug-likeness (QED) is 0.590. The highest BCUT2D eigenvalue weighted by Gasteiger charge is 2.21. The first-order valence-corrected chi connectivity index (χ1v) is 11.3. The van der Waals surface area contributed by atoms with Crippen molar-refractivity contribution in [3.63, 3.8) is 0 Å². The number of piperazine rings is 1. The predicted octanol–water partition coefficient (Wildman–Crippen LogP) is 1.82. The highest BCUT2D eigenvalue weighted by atomic mass is 32.2. The van der Waals surface area contributed by atoms with Gasteiger partial charge in [0.15, 0.2) is 11.0 Å². The lowest BCUT2D eigenvalue weighted by Gasteiger charge is -2.32. The molecule has 1 aromatic carbocycles. The normalized spacial score (nSPS) is 14.6. The summed E-state index contributed by atoms with van der Waals surface area (Å²) in [5.74, 6) is 0.107. The molecule has 1 N–H and O–H groups in total. The molecule has 2 aromatic heterocycles. The number of nitrogens with zero attached hydrogens (tertiary/aromatic N) is 6. The van der Waals surface area contributed by atoms with Gasteiger partial charge < -0.3 is 15.1 Å². The van der Waals surface area contributed by atoms with E-state index in [4.69, 9.17) is 0 Å². The number of imidazole rings is 1. The number of amides is 2. The van der Waals surface area contributed by atoms with Crippen LogP contribution < -0.4 is 5.32 Å². The minimum atomic E-state index is -0.313. The summed E-state index contributed by atoms with van der Waals surface area (Å²) in [4.78, 5) is 33.9. The maximum atomic E-state index is 12.9. The fourth-order valence-electron chi connectivity index (χ4n) is 3.46. The van der Waals surface area contributed by atoms with E-state index in [-0.39, 0.29) is 18.4 Å². The molecule has 0 bridgehead atoms. The molecule has 0 unspecified atom stereocenters. The second kappa shape index (κ2) is 9.36. The van der Waals surface area contributed by atoms with Gasteiger partial charge in [-0.05, 0) is 25.4 Å². The summed E-state index contributed by atoms with van der Waals surface area (Å²) in [6, 6.07) is 11.3. The number of rotatable bonds is 6. The van der Waals surface area contributed by atoms with Crippen LogP contribution in [0.5, 0.6) is 0 Å². The topological polar surface area (TPSA) is 88.3 Å². The van der Waals surface area contributed by atoms with Gasteiger partial charge in [0.25, 0.3) is 5.91 Å². The van der Waals surface area contributed by atoms with Crippen LogP contribution in [0.25, 0.3) is 5.69 Å². The van der Waals surface area contributed by atoms with E-state index in [0.29, 0.717) is 11.5 Å². The third-order valence-corrected chi connectivity index (χ3v) is 5.85. The highest BCUT2D eigenvalue weighted by Crippen LogP contribution is 2.22. The molecule has 1 aliphatic rings. The Morgan fingerprint density at radius 2 is 1.84 bits per heavy atom. The van der Waals surface area contributed by atoms with Crippen LogP contribution in [0.4, 0.5) is 5.82 Å². The molecule has 0 radical (unpaired) electrons. The Labute approximate surface area is 185 Å². The summed E-state index contributed by atoms with van der Waals surface area (Å²) in [5.41, 5.74) is 1.27. The molecule has 1 aliphatic heterocycles. The third-order valence-electron chi connectivity index (χ3n) is 5.19. The number of likely N-dealkylation sites (N-methyl/N-ethyl adjacent to an activating group) is 1. The lowest BCUT2D eigenvalue weighted by Crippen LogP contribution is -2.48. The molecule has 3 heterocycles. The summed E-state index contributed by atoms with van der Waals surface area (Å²) < 4.78 is 3.37. The van der Waals surface area contributed by atoms with Crippen LogP contribution in [-0.4, -0.2) is 80.4 Å². The maximum absolute atomic E-state index is 12.9. The monoisotopic (exact) mass is 439 g/mol. The van der Waals surface area contributed by atoms with Crippen molar-refractivity contribution in [2.24, 2.45) is 0 Å². The Balaban J connectivity index is 1.44. The van der Waals surface area contributed by atoms with E-state index in [9.17, 15) is 9.59 Å².